The van der Waals surface area contributed by atoms with E-state index in [0.717, 1.165) is 24.5 Å². The number of hydrogen-bond donors (Lipinski definition) is 2. The standard InChI is InChI=1S/C22H35F2N5O2/c1-21(2,3)17(20(31)25-4)27-19(30)16-15-13-28(5)11-6-12-29(15)18(26-16)14-7-9-22(23,24)10-8-14/h14,17H,6-13H2,1-5H3,(H,25,31)(H,27,30)/t17-/m1/s1. The van der Waals surface area contributed by atoms with Crippen LogP contribution in [0.3, 0.4) is 0 Å². The minimum absolute atomic E-state index is 0.0827. The fourth-order valence-electron chi connectivity index (χ4n) is 4.56. The molecule has 174 valence electrons. The van der Waals surface area contributed by atoms with Gasteiger partial charge < -0.3 is 20.1 Å². The molecule has 0 unspecified atom stereocenters. The topological polar surface area (TPSA) is 79.3 Å². The molecule has 31 heavy (non-hydrogen) atoms. The van der Waals surface area contributed by atoms with E-state index in [1.54, 1.807) is 7.05 Å². The number of likely N-dealkylation sites (N-methyl/N-ethyl adjacent to an activating group) is 1. The number of nitrogens with zero attached hydrogens (tertiary/aromatic N) is 3. The van der Waals surface area contributed by atoms with E-state index in [0.29, 0.717) is 31.6 Å². The molecule has 1 saturated carbocycles. The molecule has 0 saturated heterocycles. The Morgan fingerprint density at radius 3 is 2.42 bits per heavy atom. The van der Waals surface area contributed by atoms with Crippen LogP contribution < -0.4 is 10.6 Å². The predicted molar refractivity (Wildman–Crippen MR) is 114 cm³/mol. The Hall–Kier alpha value is -2.03. The molecule has 2 N–H and O–H groups in total. The van der Waals surface area contributed by atoms with Gasteiger partial charge in [0.25, 0.3) is 5.91 Å². The summed E-state index contributed by atoms with van der Waals surface area (Å²) in [6.07, 6.45) is 1.33. The summed E-state index contributed by atoms with van der Waals surface area (Å²) in [5.74, 6) is -2.62. The Morgan fingerprint density at radius 2 is 1.84 bits per heavy atom. The molecule has 0 spiro atoms. The summed E-state index contributed by atoms with van der Waals surface area (Å²) < 4.78 is 29.5. The van der Waals surface area contributed by atoms with Crippen molar-refractivity contribution in [2.45, 2.75) is 83.8 Å². The maximum atomic E-state index is 13.7. The molecule has 2 aliphatic rings. The highest BCUT2D eigenvalue weighted by molar-refractivity contribution is 5.97. The van der Waals surface area contributed by atoms with Crippen molar-refractivity contribution in [2.24, 2.45) is 5.41 Å². The fraction of sp³-hybridized carbons (Fsp3) is 0.773. The van der Waals surface area contributed by atoms with Gasteiger partial charge in [0, 0.05) is 38.9 Å². The Labute approximate surface area is 183 Å². The summed E-state index contributed by atoms with van der Waals surface area (Å²) in [6.45, 7) is 7.82. The van der Waals surface area contributed by atoms with E-state index in [4.69, 9.17) is 4.98 Å². The van der Waals surface area contributed by atoms with Gasteiger partial charge in [0.05, 0.1) is 5.69 Å². The molecule has 1 aromatic heterocycles. The van der Waals surface area contributed by atoms with E-state index < -0.39 is 23.3 Å². The minimum Gasteiger partial charge on any atom is -0.357 e. The highest BCUT2D eigenvalue weighted by Crippen LogP contribution is 2.41. The van der Waals surface area contributed by atoms with Crippen molar-refractivity contribution in [3.8, 4) is 0 Å². The van der Waals surface area contributed by atoms with Crippen molar-refractivity contribution in [3.63, 3.8) is 0 Å². The quantitative estimate of drug-likeness (QED) is 0.756. The van der Waals surface area contributed by atoms with Crippen molar-refractivity contribution in [3.05, 3.63) is 17.2 Å². The average molecular weight is 440 g/mol. The molecule has 1 fully saturated rings. The van der Waals surface area contributed by atoms with Crippen LogP contribution in [0.1, 0.15) is 80.8 Å². The number of alkyl halides is 2. The van der Waals surface area contributed by atoms with E-state index in [2.05, 4.69) is 20.1 Å². The first-order valence-corrected chi connectivity index (χ1v) is 11.1. The number of imidazole rings is 1. The molecule has 0 radical (unpaired) electrons. The molecule has 1 aliphatic heterocycles. The second kappa shape index (κ2) is 8.84. The Bertz CT molecular complexity index is 821. The molecule has 3 rings (SSSR count). The van der Waals surface area contributed by atoms with Crippen LogP contribution in [-0.4, -0.2) is 58.9 Å². The van der Waals surface area contributed by atoms with Gasteiger partial charge in [-0.15, -0.1) is 0 Å². The van der Waals surface area contributed by atoms with Gasteiger partial charge in [-0.25, -0.2) is 13.8 Å². The third-order valence-electron chi connectivity index (χ3n) is 6.39. The lowest BCUT2D eigenvalue weighted by Gasteiger charge is -2.29. The average Bonchev–Trinajstić information content (AvgIpc) is 2.91. The minimum atomic E-state index is -2.61. The van der Waals surface area contributed by atoms with Gasteiger partial charge in [0.2, 0.25) is 11.8 Å². The van der Waals surface area contributed by atoms with E-state index in [1.807, 2.05) is 27.8 Å². The molecular formula is C22H35F2N5O2. The number of aromatic nitrogens is 2. The third kappa shape index (κ3) is 5.25. The first-order valence-electron chi connectivity index (χ1n) is 11.1. The molecule has 2 heterocycles. The van der Waals surface area contributed by atoms with Crippen LogP contribution in [0.25, 0.3) is 0 Å². The number of carbonyl (C=O) groups excluding carboxylic acids is 2. The summed E-state index contributed by atoms with van der Waals surface area (Å²) in [7, 11) is 3.54. The van der Waals surface area contributed by atoms with Gasteiger partial charge >= 0.3 is 0 Å². The third-order valence-corrected chi connectivity index (χ3v) is 6.39. The Morgan fingerprint density at radius 1 is 1.19 bits per heavy atom. The van der Waals surface area contributed by atoms with Crippen molar-refractivity contribution in [1.82, 2.24) is 25.1 Å². The summed E-state index contributed by atoms with van der Waals surface area (Å²) >= 11 is 0. The second-order valence-electron chi connectivity index (χ2n) is 10.0. The van der Waals surface area contributed by atoms with Crippen LogP contribution in [0.4, 0.5) is 8.78 Å². The van der Waals surface area contributed by atoms with Crippen LogP contribution in [-0.2, 0) is 17.9 Å². The predicted octanol–water partition coefficient (Wildman–Crippen LogP) is 2.90. The largest absolute Gasteiger partial charge is 0.357 e. The summed E-state index contributed by atoms with van der Waals surface area (Å²) in [5.41, 5.74) is 0.620. The van der Waals surface area contributed by atoms with Crippen LogP contribution in [0, 0.1) is 5.41 Å². The number of amides is 2. The van der Waals surface area contributed by atoms with Crippen molar-refractivity contribution >= 4 is 11.8 Å². The number of carbonyl (C=O) groups is 2. The van der Waals surface area contributed by atoms with Crippen LogP contribution in [0.5, 0.6) is 0 Å². The zero-order valence-corrected chi connectivity index (χ0v) is 19.2. The zero-order valence-electron chi connectivity index (χ0n) is 19.2. The second-order valence-corrected chi connectivity index (χ2v) is 10.0. The van der Waals surface area contributed by atoms with E-state index in [-0.39, 0.29) is 24.7 Å². The number of rotatable bonds is 4. The molecule has 7 nitrogen and oxygen atoms in total. The van der Waals surface area contributed by atoms with Gasteiger partial charge in [-0.2, -0.15) is 0 Å². The van der Waals surface area contributed by atoms with Gasteiger partial charge in [0.1, 0.15) is 11.9 Å². The molecule has 2 amide bonds. The van der Waals surface area contributed by atoms with E-state index in [9.17, 15) is 18.4 Å². The first-order chi connectivity index (χ1) is 14.4. The smallest absolute Gasteiger partial charge is 0.272 e. The molecule has 0 aromatic carbocycles. The molecule has 1 aromatic rings. The molecular weight excluding hydrogens is 404 g/mol. The van der Waals surface area contributed by atoms with E-state index in [1.165, 1.54) is 0 Å². The highest BCUT2D eigenvalue weighted by atomic mass is 19.3. The molecule has 0 bridgehead atoms. The lowest BCUT2D eigenvalue weighted by atomic mass is 9.86. The van der Waals surface area contributed by atoms with Gasteiger partial charge in [0.15, 0.2) is 5.69 Å². The maximum Gasteiger partial charge on any atom is 0.272 e. The van der Waals surface area contributed by atoms with Crippen LogP contribution in [0.15, 0.2) is 0 Å². The number of hydrogen-bond acceptors (Lipinski definition) is 4. The lowest BCUT2D eigenvalue weighted by Crippen LogP contribution is -2.53. The monoisotopic (exact) mass is 439 g/mol. The maximum absolute atomic E-state index is 13.7. The van der Waals surface area contributed by atoms with Crippen molar-refractivity contribution in [1.29, 1.82) is 0 Å². The zero-order chi connectivity index (χ0) is 23.0. The number of fused-ring (bicyclic) bond motifs is 1. The van der Waals surface area contributed by atoms with Gasteiger partial charge in [-0.1, -0.05) is 20.8 Å². The molecule has 1 atom stereocenters. The highest BCUT2D eigenvalue weighted by Gasteiger charge is 2.39. The van der Waals surface area contributed by atoms with Crippen LogP contribution >= 0.6 is 0 Å². The van der Waals surface area contributed by atoms with E-state index >= 15 is 0 Å². The molecule has 9 heteroatoms. The summed E-state index contributed by atoms with van der Waals surface area (Å²) in [5, 5.41) is 5.49. The summed E-state index contributed by atoms with van der Waals surface area (Å²) in [6, 6.07) is -0.720. The van der Waals surface area contributed by atoms with Gasteiger partial charge in [-0.05, 0) is 38.3 Å². The fourth-order valence-corrected chi connectivity index (χ4v) is 4.56. The summed E-state index contributed by atoms with van der Waals surface area (Å²) in [4.78, 5) is 32.6. The van der Waals surface area contributed by atoms with Gasteiger partial charge in [-0.3, -0.25) is 9.59 Å². The SMILES string of the molecule is CNC(=O)[C@@H](NC(=O)c1nc(C2CCC(F)(F)CC2)n2c1CN(C)CCC2)C(C)(C)C. The number of halogens is 2. The lowest BCUT2D eigenvalue weighted by molar-refractivity contribution is -0.124. The number of nitrogens with one attached hydrogen (secondary N) is 2. The molecule has 1 aliphatic carbocycles. The Kier molecular flexibility index (Phi) is 6.74. The van der Waals surface area contributed by atoms with Crippen molar-refractivity contribution in [2.75, 3.05) is 20.6 Å². The van der Waals surface area contributed by atoms with Crippen LogP contribution in [0.2, 0.25) is 0 Å². The van der Waals surface area contributed by atoms with Crippen molar-refractivity contribution < 1.29 is 18.4 Å². The normalized spacial score (nSPS) is 21.1. The first kappa shape index (κ1) is 23.6. The Balaban J connectivity index is 1.95.